The first-order valence-corrected chi connectivity index (χ1v) is 14.8. The zero-order valence-electron chi connectivity index (χ0n) is 25.5. The van der Waals surface area contributed by atoms with Crippen molar-refractivity contribution in [1.82, 2.24) is 4.90 Å². The normalized spacial score (nSPS) is 10.6. The summed E-state index contributed by atoms with van der Waals surface area (Å²) < 4.78 is 18.6. The number of benzene rings is 5. The van der Waals surface area contributed by atoms with Gasteiger partial charge in [-0.1, -0.05) is 66.2 Å². The lowest BCUT2D eigenvalue weighted by molar-refractivity contribution is -0.137. The average molecular weight is 631 g/mol. The van der Waals surface area contributed by atoms with Crippen LogP contribution in [-0.2, 0) is 22.6 Å². The largest absolute Gasteiger partial charge is 0.480 e. The quantitative estimate of drug-likeness (QED) is 0.121. The van der Waals surface area contributed by atoms with Crippen molar-refractivity contribution in [2.24, 2.45) is 0 Å². The Bertz CT molecular complexity index is 1870. The average Bonchev–Trinajstić information content (AvgIpc) is 3.06. The van der Waals surface area contributed by atoms with Gasteiger partial charge in [0.1, 0.15) is 18.1 Å². The smallest absolute Gasteiger partial charge is 0.343 e. The topological polar surface area (TPSA) is 113 Å². The Labute approximate surface area is 271 Å². The van der Waals surface area contributed by atoms with Gasteiger partial charge in [0.25, 0.3) is 5.91 Å². The van der Waals surface area contributed by atoms with E-state index in [0.717, 1.165) is 16.7 Å². The van der Waals surface area contributed by atoms with Crippen LogP contribution in [0.25, 0.3) is 11.1 Å². The predicted octanol–water partition coefficient (Wildman–Crippen LogP) is 6.93. The van der Waals surface area contributed by atoms with E-state index >= 15 is 0 Å². The SMILES string of the molecule is Cc1ccc(-c2ccc(C(=O)Oc3ccc(CN(CC(=O)O)C(=O)c4ccc(NC(=O)Cc5ccc(F)cc5)cc4)cc3)cc2)cc1. The number of carboxylic acid groups (broad SMARTS) is 1. The Kier molecular flexibility index (Phi) is 10.2. The molecule has 0 saturated carbocycles. The van der Waals surface area contributed by atoms with Crippen molar-refractivity contribution in [3.8, 4) is 16.9 Å². The second-order valence-electron chi connectivity index (χ2n) is 11.0. The molecule has 0 unspecified atom stereocenters. The van der Waals surface area contributed by atoms with E-state index in [1.165, 1.54) is 41.3 Å². The van der Waals surface area contributed by atoms with Crippen LogP contribution in [0.1, 0.15) is 37.4 Å². The minimum atomic E-state index is -1.18. The summed E-state index contributed by atoms with van der Waals surface area (Å²) in [7, 11) is 0. The van der Waals surface area contributed by atoms with Crippen molar-refractivity contribution in [3.63, 3.8) is 0 Å². The third-order valence-electron chi connectivity index (χ3n) is 7.32. The van der Waals surface area contributed by atoms with E-state index in [9.17, 15) is 28.7 Å². The summed E-state index contributed by atoms with van der Waals surface area (Å²) in [6, 6.07) is 33.4. The number of anilines is 1. The number of ether oxygens (including phenoxy) is 1. The van der Waals surface area contributed by atoms with Gasteiger partial charge >= 0.3 is 11.9 Å². The lowest BCUT2D eigenvalue weighted by atomic mass is 10.0. The molecule has 0 spiro atoms. The molecule has 8 nitrogen and oxygen atoms in total. The van der Waals surface area contributed by atoms with Gasteiger partial charge < -0.3 is 20.1 Å². The van der Waals surface area contributed by atoms with Gasteiger partial charge in [0.15, 0.2) is 0 Å². The van der Waals surface area contributed by atoms with Crippen LogP contribution in [0.5, 0.6) is 5.75 Å². The van der Waals surface area contributed by atoms with Gasteiger partial charge in [0.2, 0.25) is 5.91 Å². The number of esters is 1. The van der Waals surface area contributed by atoms with Crippen molar-refractivity contribution in [3.05, 3.63) is 155 Å². The van der Waals surface area contributed by atoms with Gasteiger partial charge in [0, 0.05) is 17.8 Å². The van der Waals surface area contributed by atoms with Crippen LogP contribution in [0.15, 0.2) is 121 Å². The Morgan fingerprint density at radius 1 is 0.702 bits per heavy atom. The number of aryl methyl sites for hydroxylation is 1. The maximum atomic E-state index is 13.3. The van der Waals surface area contributed by atoms with Gasteiger partial charge in [0.05, 0.1) is 12.0 Å². The number of halogens is 1. The summed E-state index contributed by atoms with van der Waals surface area (Å²) in [5, 5.41) is 12.2. The van der Waals surface area contributed by atoms with E-state index in [4.69, 9.17) is 4.74 Å². The number of carboxylic acids is 1. The highest BCUT2D eigenvalue weighted by molar-refractivity contribution is 5.97. The molecule has 2 N–H and O–H groups in total. The summed E-state index contributed by atoms with van der Waals surface area (Å²) >= 11 is 0. The number of carbonyl (C=O) groups excluding carboxylic acids is 3. The molecule has 2 amide bonds. The lowest BCUT2D eigenvalue weighted by Crippen LogP contribution is -2.35. The zero-order valence-corrected chi connectivity index (χ0v) is 25.5. The molecule has 5 aromatic carbocycles. The minimum absolute atomic E-state index is 0.00398. The number of nitrogens with zero attached hydrogens (tertiary/aromatic N) is 1. The number of hydrogen-bond donors (Lipinski definition) is 2. The summed E-state index contributed by atoms with van der Waals surface area (Å²) in [4.78, 5) is 51.1. The molecular formula is C38H31FN2O6. The molecule has 0 atom stereocenters. The van der Waals surface area contributed by atoms with E-state index in [0.29, 0.717) is 28.1 Å². The lowest BCUT2D eigenvalue weighted by Gasteiger charge is -2.21. The molecule has 0 aliphatic heterocycles. The number of nitrogens with one attached hydrogen (secondary N) is 1. The monoisotopic (exact) mass is 630 g/mol. The first kappa shape index (κ1) is 32.3. The molecule has 0 aliphatic rings. The molecule has 0 aromatic heterocycles. The fourth-order valence-electron chi connectivity index (χ4n) is 4.83. The molecule has 0 heterocycles. The predicted molar refractivity (Wildman–Crippen MR) is 176 cm³/mol. The van der Waals surface area contributed by atoms with Gasteiger partial charge in [-0.3, -0.25) is 14.4 Å². The summed E-state index contributed by atoms with van der Waals surface area (Å²) in [6.07, 6.45) is 0.0486. The maximum Gasteiger partial charge on any atom is 0.343 e. The molecule has 5 aromatic rings. The van der Waals surface area contributed by atoms with Crippen molar-refractivity contribution >= 4 is 29.4 Å². The van der Waals surface area contributed by atoms with Crippen LogP contribution in [0.2, 0.25) is 0 Å². The molecule has 236 valence electrons. The number of rotatable bonds is 11. The molecule has 0 fully saturated rings. The highest BCUT2D eigenvalue weighted by atomic mass is 19.1. The molecular weight excluding hydrogens is 599 g/mol. The van der Waals surface area contributed by atoms with Gasteiger partial charge in [-0.15, -0.1) is 0 Å². The van der Waals surface area contributed by atoms with E-state index in [-0.39, 0.29) is 30.3 Å². The molecule has 0 radical (unpaired) electrons. The fourth-order valence-corrected chi connectivity index (χ4v) is 4.83. The maximum absolute atomic E-state index is 13.3. The Balaban J connectivity index is 1.18. The molecule has 0 bridgehead atoms. The number of amides is 2. The van der Waals surface area contributed by atoms with Crippen LogP contribution in [0, 0.1) is 12.7 Å². The summed E-state index contributed by atoms with van der Waals surface area (Å²) in [5.74, 6) is -2.61. The minimum Gasteiger partial charge on any atom is -0.480 e. The fraction of sp³-hybridized carbons (Fsp3) is 0.105. The van der Waals surface area contributed by atoms with Crippen molar-refractivity contribution in [2.45, 2.75) is 19.9 Å². The Morgan fingerprint density at radius 2 is 1.26 bits per heavy atom. The van der Waals surface area contributed by atoms with Crippen LogP contribution in [0.3, 0.4) is 0 Å². The van der Waals surface area contributed by atoms with E-state index in [1.807, 2.05) is 43.3 Å². The number of aliphatic carboxylic acids is 1. The molecule has 0 saturated heterocycles. The third kappa shape index (κ3) is 8.98. The van der Waals surface area contributed by atoms with Crippen molar-refractivity contribution in [1.29, 1.82) is 0 Å². The summed E-state index contributed by atoms with van der Waals surface area (Å²) in [6.45, 7) is 1.48. The van der Waals surface area contributed by atoms with E-state index < -0.39 is 24.4 Å². The van der Waals surface area contributed by atoms with Crippen molar-refractivity contribution in [2.75, 3.05) is 11.9 Å². The number of carbonyl (C=O) groups is 4. The second kappa shape index (κ2) is 14.8. The zero-order chi connectivity index (χ0) is 33.3. The van der Waals surface area contributed by atoms with Crippen LogP contribution >= 0.6 is 0 Å². The molecule has 9 heteroatoms. The molecule has 5 rings (SSSR count). The van der Waals surface area contributed by atoms with E-state index in [1.54, 1.807) is 48.5 Å². The molecule has 0 aliphatic carbocycles. The number of hydrogen-bond acceptors (Lipinski definition) is 5. The van der Waals surface area contributed by atoms with Crippen LogP contribution in [0.4, 0.5) is 10.1 Å². The Hall–Kier alpha value is -6.09. The summed E-state index contributed by atoms with van der Waals surface area (Å²) in [5.41, 5.74) is 5.54. The third-order valence-corrected chi connectivity index (χ3v) is 7.32. The Morgan fingerprint density at radius 3 is 1.85 bits per heavy atom. The van der Waals surface area contributed by atoms with Crippen molar-refractivity contribution < 1.29 is 33.4 Å². The first-order valence-electron chi connectivity index (χ1n) is 14.8. The van der Waals surface area contributed by atoms with Crippen LogP contribution < -0.4 is 10.1 Å². The van der Waals surface area contributed by atoms with Gasteiger partial charge in [-0.05, 0) is 89.8 Å². The molecule has 47 heavy (non-hydrogen) atoms. The second-order valence-corrected chi connectivity index (χ2v) is 11.0. The van der Waals surface area contributed by atoms with Crippen LogP contribution in [-0.4, -0.2) is 40.3 Å². The highest BCUT2D eigenvalue weighted by Crippen LogP contribution is 2.22. The van der Waals surface area contributed by atoms with E-state index in [2.05, 4.69) is 5.32 Å². The van der Waals surface area contributed by atoms with Gasteiger partial charge in [-0.25, -0.2) is 9.18 Å². The highest BCUT2D eigenvalue weighted by Gasteiger charge is 2.20. The standard InChI is InChI=1S/C38H31FN2O6/c1-25-2-8-28(9-3-25)29-10-12-31(13-11-29)38(46)47-34-20-6-27(7-21-34)23-41(24-36(43)44)37(45)30-14-18-33(19-15-30)40-35(42)22-26-4-16-32(39)17-5-26/h2-21H,22-24H2,1H3,(H,40,42)(H,43,44). The van der Waals surface area contributed by atoms with Gasteiger partial charge in [-0.2, -0.15) is 0 Å². The first-order chi connectivity index (χ1) is 22.6.